The number of hydrogen-bond donors (Lipinski definition) is 7. The molecule has 47 heavy (non-hydrogen) atoms. The zero-order valence-electron chi connectivity index (χ0n) is 25.8. The predicted molar refractivity (Wildman–Crippen MR) is 155 cm³/mol. The van der Waals surface area contributed by atoms with Crippen molar-refractivity contribution in [2.75, 3.05) is 26.9 Å². The number of benzene rings is 1. The van der Waals surface area contributed by atoms with Crippen LogP contribution in [0.15, 0.2) is 53.8 Å². The number of allylic oxidation sites excluding steroid dienone is 1. The molecule has 3 aliphatic rings. The maximum absolute atomic E-state index is 13.1. The molecule has 2 fully saturated rings. The molecule has 1 aromatic rings. The van der Waals surface area contributed by atoms with Crippen molar-refractivity contribution in [1.82, 2.24) is 0 Å². The Morgan fingerprint density at radius 3 is 2.15 bits per heavy atom. The number of carbonyl (C=O) groups is 2. The first-order valence-electron chi connectivity index (χ1n) is 15.1. The van der Waals surface area contributed by atoms with E-state index >= 15 is 0 Å². The molecule has 3 aliphatic heterocycles. The lowest BCUT2D eigenvalue weighted by Crippen LogP contribution is -2.60. The van der Waals surface area contributed by atoms with Crippen molar-refractivity contribution >= 4 is 11.9 Å². The Labute approximate surface area is 270 Å². The summed E-state index contributed by atoms with van der Waals surface area (Å²) in [5.74, 6) is -2.73. The summed E-state index contributed by atoms with van der Waals surface area (Å²) in [4.78, 5) is 25.7. The molecule has 2 saturated heterocycles. The Bertz CT molecular complexity index is 1240. The first-order valence-corrected chi connectivity index (χ1v) is 15.1. The molecule has 0 aliphatic carbocycles. The summed E-state index contributed by atoms with van der Waals surface area (Å²) < 4.78 is 38.1. The highest BCUT2D eigenvalue weighted by Crippen LogP contribution is 2.36. The Balaban J connectivity index is 1.40. The summed E-state index contributed by atoms with van der Waals surface area (Å²) in [5, 5.41) is 71.4. The highest BCUT2D eigenvalue weighted by atomic mass is 16.8. The van der Waals surface area contributed by atoms with Gasteiger partial charge in [-0.1, -0.05) is 36.4 Å². The third kappa shape index (κ3) is 8.73. The lowest BCUT2D eigenvalue weighted by atomic mass is 9.86. The molecular weight excluding hydrogens is 628 g/mol. The van der Waals surface area contributed by atoms with Gasteiger partial charge in [-0.05, 0) is 18.9 Å². The molecule has 0 bridgehead atoms. The summed E-state index contributed by atoms with van der Waals surface area (Å²) in [7, 11) is 1.13. The molecule has 0 aromatic heterocycles. The van der Waals surface area contributed by atoms with Gasteiger partial charge in [0.05, 0.1) is 38.6 Å². The van der Waals surface area contributed by atoms with Gasteiger partial charge in [0.1, 0.15) is 55.4 Å². The smallest absolute Gasteiger partial charge is 0.337 e. The topological polar surface area (TPSA) is 240 Å². The highest BCUT2D eigenvalue weighted by Gasteiger charge is 2.48. The molecule has 0 spiro atoms. The molecule has 0 unspecified atom stereocenters. The molecule has 262 valence electrons. The van der Waals surface area contributed by atoms with Crippen molar-refractivity contribution in [2.45, 2.75) is 87.5 Å². The number of aliphatic hydroxyl groups excluding tert-OH is 7. The van der Waals surface area contributed by atoms with E-state index in [1.165, 1.54) is 6.08 Å². The number of esters is 2. The van der Waals surface area contributed by atoms with Gasteiger partial charge in [0.15, 0.2) is 12.6 Å². The molecule has 12 atom stereocenters. The third-order valence-electron chi connectivity index (χ3n) is 8.19. The van der Waals surface area contributed by atoms with Crippen LogP contribution in [0.3, 0.4) is 0 Å². The second-order valence-corrected chi connectivity index (χ2v) is 11.2. The number of ether oxygens (including phenoxy) is 7. The monoisotopic (exact) mass is 670 g/mol. The fraction of sp³-hybridized carbons (Fsp3) is 0.613. The quantitative estimate of drug-likeness (QED) is 0.0920. The minimum absolute atomic E-state index is 0.0782. The van der Waals surface area contributed by atoms with Gasteiger partial charge in [-0.2, -0.15) is 0 Å². The van der Waals surface area contributed by atoms with E-state index in [1.54, 1.807) is 6.92 Å². The summed E-state index contributed by atoms with van der Waals surface area (Å²) in [5.41, 5.74) is 1.10. The standard InChI is InChI=1S/C31H42O16/c1-3-16-17(18(28(40)41-2)13-44-29(16)47-31-27(39)24(36)22(34)19(12-32)45-31)11-21(33)43-14-20-23(35)25(37)26(38)30(46-20)42-10-9-15-7-5-4-6-8-15/h3-8,13,17,19-20,22-27,29-32,34-39H,9-12,14H2,1-2H3/b16-3+/t17-,19+,20+,22+,23+,24-,25-,26+,27+,29-,30+,31-/m0/s1. The van der Waals surface area contributed by atoms with E-state index in [0.29, 0.717) is 6.42 Å². The summed E-state index contributed by atoms with van der Waals surface area (Å²) in [6.07, 6.45) is -14.2. The van der Waals surface area contributed by atoms with E-state index in [1.807, 2.05) is 30.3 Å². The van der Waals surface area contributed by atoms with Gasteiger partial charge >= 0.3 is 11.9 Å². The number of rotatable bonds is 12. The molecule has 4 rings (SSSR count). The lowest BCUT2D eigenvalue weighted by Gasteiger charge is -2.42. The van der Waals surface area contributed by atoms with Gasteiger partial charge in [0.2, 0.25) is 6.29 Å². The van der Waals surface area contributed by atoms with E-state index in [0.717, 1.165) is 18.9 Å². The second-order valence-electron chi connectivity index (χ2n) is 11.2. The normalized spacial score (nSPS) is 36.7. The molecular formula is C31H42O16. The van der Waals surface area contributed by atoms with Gasteiger partial charge in [-0.3, -0.25) is 4.79 Å². The predicted octanol–water partition coefficient (Wildman–Crippen LogP) is -2.22. The Morgan fingerprint density at radius 1 is 0.872 bits per heavy atom. The minimum Gasteiger partial charge on any atom is -0.468 e. The van der Waals surface area contributed by atoms with Crippen LogP contribution in [0.2, 0.25) is 0 Å². The summed E-state index contributed by atoms with van der Waals surface area (Å²) in [6.45, 7) is 0.464. The van der Waals surface area contributed by atoms with Crippen LogP contribution in [0.5, 0.6) is 0 Å². The maximum Gasteiger partial charge on any atom is 0.337 e. The molecule has 3 heterocycles. The fourth-order valence-electron chi connectivity index (χ4n) is 5.46. The fourth-order valence-corrected chi connectivity index (χ4v) is 5.46. The molecule has 16 nitrogen and oxygen atoms in total. The maximum atomic E-state index is 13.1. The van der Waals surface area contributed by atoms with Crippen LogP contribution in [0, 0.1) is 5.92 Å². The molecule has 0 radical (unpaired) electrons. The number of carbonyl (C=O) groups excluding carboxylic acids is 2. The second kappa shape index (κ2) is 16.9. The first kappa shape index (κ1) is 36.8. The first-order chi connectivity index (χ1) is 22.5. The van der Waals surface area contributed by atoms with Gasteiger partial charge in [-0.15, -0.1) is 0 Å². The van der Waals surface area contributed by atoms with Crippen molar-refractivity contribution in [3.05, 3.63) is 59.4 Å². The van der Waals surface area contributed by atoms with Gasteiger partial charge in [0, 0.05) is 11.5 Å². The highest BCUT2D eigenvalue weighted by molar-refractivity contribution is 5.90. The van der Waals surface area contributed by atoms with Crippen LogP contribution in [0.25, 0.3) is 0 Å². The van der Waals surface area contributed by atoms with Crippen LogP contribution in [-0.2, 0) is 49.2 Å². The molecule has 7 N–H and O–H groups in total. The molecule has 0 amide bonds. The zero-order valence-corrected chi connectivity index (χ0v) is 25.8. The van der Waals surface area contributed by atoms with Crippen molar-refractivity contribution in [1.29, 1.82) is 0 Å². The van der Waals surface area contributed by atoms with Gasteiger partial charge in [-0.25, -0.2) is 4.79 Å². The lowest BCUT2D eigenvalue weighted by molar-refractivity contribution is -0.327. The Hall–Kier alpha value is -3.00. The van der Waals surface area contributed by atoms with Crippen LogP contribution < -0.4 is 0 Å². The Morgan fingerprint density at radius 2 is 1.51 bits per heavy atom. The minimum atomic E-state index is -1.74. The number of hydrogen-bond acceptors (Lipinski definition) is 16. The Kier molecular flexibility index (Phi) is 13.2. The SMILES string of the molecule is C/C=C1/[C@H](O[C@@H]2O[C@H](CO)[C@@H](O)[C@H](O)[C@H]2O)OC=C(C(=O)OC)[C@H]1CC(=O)OC[C@H]1O[C@@H](OCCc2ccccc2)[C@H](O)[C@@H](O)[C@@H]1O. The molecule has 16 heteroatoms. The summed E-state index contributed by atoms with van der Waals surface area (Å²) >= 11 is 0. The van der Waals surface area contributed by atoms with Crippen LogP contribution >= 0.6 is 0 Å². The van der Waals surface area contributed by atoms with Crippen molar-refractivity contribution in [3.8, 4) is 0 Å². The van der Waals surface area contributed by atoms with E-state index < -0.39 is 105 Å². The van der Waals surface area contributed by atoms with E-state index in [9.17, 15) is 45.3 Å². The van der Waals surface area contributed by atoms with Crippen LogP contribution in [0.4, 0.5) is 0 Å². The largest absolute Gasteiger partial charge is 0.468 e. The van der Waals surface area contributed by atoms with Crippen molar-refractivity contribution < 1.29 is 78.5 Å². The zero-order chi connectivity index (χ0) is 34.2. The molecule has 0 saturated carbocycles. The molecule has 1 aromatic carbocycles. The van der Waals surface area contributed by atoms with Crippen LogP contribution in [0.1, 0.15) is 18.9 Å². The average molecular weight is 671 g/mol. The summed E-state index contributed by atoms with van der Waals surface area (Å²) in [6, 6.07) is 9.38. The third-order valence-corrected chi connectivity index (χ3v) is 8.19. The van der Waals surface area contributed by atoms with E-state index in [4.69, 9.17) is 33.2 Å². The van der Waals surface area contributed by atoms with Gasteiger partial charge < -0.3 is 68.9 Å². The van der Waals surface area contributed by atoms with Crippen molar-refractivity contribution in [3.63, 3.8) is 0 Å². The average Bonchev–Trinajstić information content (AvgIpc) is 3.08. The van der Waals surface area contributed by atoms with E-state index in [-0.39, 0.29) is 17.8 Å². The number of aliphatic hydroxyl groups is 7. The number of methoxy groups -OCH3 is 1. The van der Waals surface area contributed by atoms with E-state index in [2.05, 4.69) is 0 Å². The van der Waals surface area contributed by atoms with Gasteiger partial charge in [0.25, 0.3) is 0 Å². The van der Waals surface area contributed by atoms with Crippen LogP contribution in [-0.4, -0.2) is 142 Å². The van der Waals surface area contributed by atoms with Crippen molar-refractivity contribution in [2.24, 2.45) is 5.92 Å².